The van der Waals surface area contributed by atoms with Crippen LogP contribution in [0.3, 0.4) is 0 Å². The van der Waals surface area contributed by atoms with Crippen molar-refractivity contribution in [3.05, 3.63) is 0 Å². The number of ketones is 1. The second kappa shape index (κ2) is 6.61. The van der Waals surface area contributed by atoms with Crippen LogP contribution >= 0.6 is 12.6 Å². The summed E-state index contributed by atoms with van der Waals surface area (Å²) in [6.45, 7) is 4.56. The Morgan fingerprint density at radius 1 is 1.40 bits per heavy atom. The van der Waals surface area contributed by atoms with Gasteiger partial charge in [-0.15, -0.1) is 0 Å². The molecular weight excluding hydrogens is 152 g/mol. The molecule has 1 atom stereocenters. The van der Waals surface area contributed by atoms with Crippen molar-refractivity contribution in [2.45, 2.75) is 26.0 Å². The zero-order valence-electron chi connectivity index (χ0n) is 6.29. The molecule has 1 N–H and O–H groups in total. The number of hydrogen-bond acceptors (Lipinski definition) is 3. The number of hydrogen-bond donors (Lipinski definition) is 2. The maximum Gasteiger partial charge on any atom is 0.316 e. The van der Waals surface area contributed by atoms with Gasteiger partial charge in [0.25, 0.3) is 0 Å². The van der Waals surface area contributed by atoms with Gasteiger partial charge < -0.3 is 9.90 Å². The van der Waals surface area contributed by atoms with Crippen LogP contribution < -0.4 is 0 Å². The van der Waals surface area contributed by atoms with Crippen molar-refractivity contribution < 1.29 is 14.7 Å². The van der Waals surface area contributed by atoms with Gasteiger partial charge in [-0.25, -0.2) is 0 Å². The predicted octanol–water partition coefficient (Wildman–Crippen LogP) is 0.985. The standard InChI is InChI=1S/C3H6O2S.C3H6O/c1-2(6)3(4)5;1-3(2)4/h2,6H,1H3,(H,4,5);1-2H3. The first-order chi connectivity index (χ1) is 4.37. The molecule has 0 saturated carbocycles. The Morgan fingerprint density at radius 3 is 1.50 bits per heavy atom. The number of carboxylic acid groups (broad SMARTS) is 1. The van der Waals surface area contributed by atoms with Crippen LogP contribution in [0.15, 0.2) is 0 Å². The van der Waals surface area contributed by atoms with Gasteiger partial charge in [-0.05, 0) is 20.8 Å². The molecule has 4 heteroatoms. The van der Waals surface area contributed by atoms with Crippen molar-refractivity contribution >= 4 is 24.4 Å². The molecule has 0 aliphatic carbocycles. The summed E-state index contributed by atoms with van der Waals surface area (Å²) in [5.41, 5.74) is 0. The van der Waals surface area contributed by atoms with Crippen LogP contribution in [0, 0.1) is 0 Å². The lowest BCUT2D eigenvalue weighted by Crippen LogP contribution is -2.06. The first-order valence-electron chi connectivity index (χ1n) is 2.76. The van der Waals surface area contributed by atoms with Crippen LogP contribution in [-0.4, -0.2) is 22.1 Å². The topological polar surface area (TPSA) is 54.4 Å². The quantitative estimate of drug-likeness (QED) is 0.568. The van der Waals surface area contributed by atoms with Gasteiger partial charge in [-0.3, -0.25) is 4.79 Å². The minimum absolute atomic E-state index is 0.167. The first-order valence-corrected chi connectivity index (χ1v) is 3.27. The van der Waals surface area contributed by atoms with E-state index >= 15 is 0 Å². The van der Waals surface area contributed by atoms with Crippen molar-refractivity contribution in [2.75, 3.05) is 0 Å². The van der Waals surface area contributed by atoms with Crippen molar-refractivity contribution in [1.82, 2.24) is 0 Å². The third-order valence-electron chi connectivity index (χ3n) is 0.357. The fraction of sp³-hybridized carbons (Fsp3) is 0.667. The molecule has 0 heterocycles. The third kappa shape index (κ3) is 25.9. The molecule has 0 aromatic carbocycles. The highest BCUT2D eigenvalue weighted by atomic mass is 32.1. The molecular formula is C6H12O3S. The van der Waals surface area contributed by atoms with Gasteiger partial charge in [0.1, 0.15) is 5.78 Å². The lowest BCUT2D eigenvalue weighted by atomic mass is 10.5. The Morgan fingerprint density at radius 2 is 1.50 bits per heavy atom. The highest BCUT2D eigenvalue weighted by Gasteiger charge is 2.00. The average Bonchev–Trinajstić information content (AvgIpc) is 1.63. The van der Waals surface area contributed by atoms with Gasteiger partial charge in [0, 0.05) is 0 Å². The molecule has 3 nitrogen and oxygen atoms in total. The van der Waals surface area contributed by atoms with Gasteiger partial charge in [-0.1, -0.05) is 0 Å². The summed E-state index contributed by atoms with van der Waals surface area (Å²) < 4.78 is 0. The Kier molecular flexibility index (Phi) is 8.06. The maximum absolute atomic E-state index is 9.62. The summed E-state index contributed by atoms with van der Waals surface area (Å²) in [4.78, 5) is 19.1. The van der Waals surface area contributed by atoms with E-state index < -0.39 is 11.2 Å². The fourth-order valence-electron chi connectivity index (χ4n) is 0. The van der Waals surface area contributed by atoms with E-state index in [9.17, 15) is 9.59 Å². The highest BCUT2D eigenvalue weighted by molar-refractivity contribution is 7.81. The molecule has 0 spiro atoms. The van der Waals surface area contributed by atoms with Gasteiger partial charge in [0.15, 0.2) is 0 Å². The molecule has 0 aliphatic heterocycles. The Balaban J connectivity index is 0. The van der Waals surface area contributed by atoms with Crippen molar-refractivity contribution in [2.24, 2.45) is 0 Å². The van der Waals surface area contributed by atoms with E-state index in [-0.39, 0.29) is 5.78 Å². The van der Waals surface area contributed by atoms with E-state index in [2.05, 4.69) is 12.6 Å². The largest absolute Gasteiger partial charge is 0.480 e. The van der Waals surface area contributed by atoms with E-state index in [1.54, 1.807) is 0 Å². The van der Waals surface area contributed by atoms with Gasteiger partial charge >= 0.3 is 5.97 Å². The maximum atomic E-state index is 9.62. The summed E-state index contributed by atoms with van der Waals surface area (Å²) in [5.74, 6) is -0.710. The Hall–Kier alpha value is -0.510. The molecule has 1 unspecified atom stereocenters. The predicted molar refractivity (Wildman–Crippen MR) is 42.4 cm³/mol. The zero-order chi connectivity index (χ0) is 8.73. The molecule has 60 valence electrons. The number of aliphatic carboxylic acids is 1. The number of rotatable bonds is 1. The van der Waals surface area contributed by atoms with Crippen LogP contribution in [0.2, 0.25) is 0 Å². The monoisotopic (exact) mass is 164 g/mol. The minimum Gasteiger partial charge on any atom is -0.480 e. The highest BCUT2D eigenvalue weighted by Crippen LogP contribution is 1.88. The van der Waals surface area contributed by atoms with Gasteiger partial charge in [-0.2, -0.15) is 12.6 Å². The number of thiol groups is 1. The number of carboxylic acids is 1. The van der Waals surface area contributed by atoms with E-state index in [0.29, 0.717) is 0 Å². The number of carbonyl (C=O) groups excluding carboxylic acids is 1. The molecule has 0 rings (SSSR count). The van der Waals surface area contributed by atoms with Crippen LogP contribution in [0.4, 0.5) is 0 Å². The summed E-state index contributed by atoms with van der Waals surface area (Å²) in [6, 6.07) is 0. The van der Waals surface area contributed by atoms with Crippen LogP contribution in [0.5, 0.6) is 0 Å². The van der Waals surface area contributed by atoms with Crippen molar-refractivity contribution in [1.29, 1.82) is 0 Å². The summed E-state index contributed by atoms with van der Waals surface area (Å²) in [5, 5.41) is 7.38. The second-order valence-corrected chi connectivity index (χ2v) is 2.70. The van der Waals surface area contributed by atoms with Gasteiger partial charge in [0.05, 0.1) is 5.25 Å². The zero-order valence-corrected chi connectivity index (χ0v) is 7.18. The summed E-state index contributed by atoms with van der Waals surface area (Å²) in [7, 11) is 0. The average molecular weight is 164 g/mol. The Labute approximate surface area is 65.8 Å². The normalized spacial score (nSPS) is 10.8. The van der Waals surface area contributed by atoms with Crippen LogP contribution in [0.25, 0.3) is 0 Å². The lowest BCUT2D eigenvalue weighted by molar-refractivity contribution is -0.136. The molecule has 0 amide bonds. The lowest BCUT2D eigenvalue weighted by Gasteiger charge is -1.88. The first kappa shape index (κ1) is 12.2. The molecule has 0 aromatic rings. The Bertz CT molecular complexity index is 116. The van der Waals surface area contributed by atoms with Crippen LogP contribution in [-0.2, 0) is 9.59 Å². The molecule has 10 heavy (non-hydrogen) atoms. The summed E-state index contributed by atoms with van der Waals surface area (Å²) >= 11 is 3.59. The molecule has 0 radical (unpaired) electrons. The van der Waals surface area contributed by atoms with E-state index in [0.717, 1.165) is 0 Å². The smallest absolute Gasteiger partial charge is 0.316 e. The molecule has 0 aromatic heterocycles. The number of carbonyl (C=O) groups is 2. The SMILES string of the molecule is CC(C)=O.CC(S)C(=O)O. The molecule has 0 fully saturated rings. The van der Waals surface area contributed by atoms with Crippen LogP contribution in [0.1, 0.15) is 20.8 Å². The van der Waals surface area contributed by atoms with Crippen molar-refractivity contribution in [3.63, 3.8) is 0 Å². The van der Waals surface area contributed by atoms with E-state index in [4.69, 9.17) is 5.11 Å². The molecule has 0 bridgehead atoms. The fourth-order valence-corrected chi connectivity index (χ4v) is 0. The number of Topliss-reactive ketones (excluding diaryl/α,β-unsaturated/α-hetero) is 1. The second-order valence-electron chi connectivity index (χ2n) is 1.92. The molecule has 0 saturated heterocycles. The van der Waals surface area contributed by atoms with Gasteiger partial charge in [0.2, 0.25) is 0 Å². The minimum atomic E-state index is -0.877. The third-order valence-corrected chi connectivity index (χ3v) is 0.578. The summed E-state index contributed by atoms with van der Waals surface area (Å²) in [6.07, 6.45) is 0. The molecule has 0 aliphatic rings. The van der Waals surface area contributed by atoms with E-state index in [1.807, 2.05) is 0 Å². The van der Waals surface area contributed by atoms with Crippen molar-refractivity contribution in [3.8, 4) is 0 Å². The van der Waals surface area contributed by atoms with E-state index in [1.165, 1.54) is 20.8 Å².